The quantitative estimate of drug-likeness (QED) is 0.770. The molecule has 25 heavy (non-hydrogen) atoms. The third-order valence-corrected chi connectivity index (χ3v) is 4.79. The van der Waals surface area contributed by atoms with Crippen LogP contribution in [0.2, 0.25) is 0 Å². The third-order valence-electron chi connectivity index (χ3n) is 4.79. The fourth-order valence-electron chi connectivity index (χ4n) is 3.33. The monoisotopic (exact) mass is 335 g/mol. The molecule has 2 aromatic carbocycles. The van der Waals surface area contributed by atoms with E-state index in [2.05, 4.69) is 12.1 Å². The van der Waals surface area contributed by atoms with Crippen molar-refractivity contribution in [3.05, 3.63) is 71.8 Å². The van der Waals surface area contributed by atoms with E-state index >= 15 is 0 Å². The maximum atomic E-state index is 12.6. The van der Waals surface area contributed by atoms with E-state index in [0.717, 1.165) is 43.7 Å². The fraction of sp³-hybridized carbons (Fsp3) is 0.318. The summed E-state index contributed by atoms with van der Waals surface area (Å²) in [7, 11) is 1.68. The van der Waals surface area contributed by atoms with E-state index in [-0.39, 0.29) is 5.91 Å². The predicted molar refractivity (Wildman–Crippen MR) is 102 cm³/mol. The van der Waals surface area contributed by atoms with Crippen LogP contribution in [-0.2, 0) is 4.79 Å². The number of methoxy groups -OCH3 is 1. The van der Waals surface area contributed by atoms with E-state index in [4.69, 9.17) is 4.74 Å². The zero-order valence-corrected chi connectivity index (χ0v) is 14.7. The van der Waals surface area contributed by atoms with Gasteiger partial charge in [0.05, 0.1) is 7.11 Å². The van der Waals surface area contributed by atoms with Gasteiger partial charge in [0.25, 0.3) is 0 Å². The molecule has 0 N–H and O–H groups in total. The summed E-state index contributed by atoms with van der Waals surface area (Å²) in [6.07, 6.45) is 6.94. The molecule has 1 aliphatic rings. The molecule has 0 saturated carbocycles. The maximum Gasteiger partial charge on any atom is 0.246 e. The van der Waals surface area contributed by atoms with Gasteiger partial charge in [-0.2, -0.15) is 0 Å². The highest BCUT2D eigenvalue weighted by atomic mass is 16.5. The molecular formula is C22H25NO2. The lowest BCUT2D eigenvalue weighted by Crippen LogP contribution is -2.32. The molecule has 130 valence electrons. The van der Waals surface area contributed by atoms with Crippen LogP contribution in [0.15, 0.2) is 60.7 Å². The van der Waals surface area contributed by atoms with Crippen molar-refractivity contribution in [2.45, 2.75) is 25.2 Å². The Morgan fingerprint density at radius 1 is 1.08 bits per heavy atom. The van der Waals surface area contributed by atoms with Crippen LogP contribution >= 0.6 is 0 Å². The summed E-state index contributed by atoms with van der Waals surface area (Å²) < 4.78 is 5.24. The summed E-state index contributed by atoms with van der Waals surface area (Å²) in [5.41, 5.74) is 2.34. The number of amides is 1. The first-order valence-corrected chi connectivity index (χ1v) is 8.92. The number of ether oxygens (including phenoxy) is 1. The molecule has 2 aromatic rings. The van der Waals surface area contributed by atoms with Gasteiger partial charge in [-0.3, -0.25) is 4.79 Å². The summed E-state index contributed by atoms with van der Waals surface area (Å²) in [6, 6.07) is 18.2. The van der Waals surface area contributed by atoms with Gasteiger partial charge >= 0.3 is 0 Å². The second kappa shape index (κ2) is 8.52. The van der Waals surface area contributed by atoms with Crippen LogP contribution in [0, 0.1) is 0 Å². The summed E-state index contributed by atoms with van der Waals surface area (Å²) in [5, 5.41) is 0. The van der Waals surface area contributed by atoms with E-state index in [1.807, 2.05) is 53.4 Å². The van der Waals surface area contributed by atoms with Gasteiger partial charge in [0, 0.05) is 25.1 Å². The van der Waals surface area contributed by atoms with E-state index in [9.17, 15) is 4.79 Å². The first-order valence-electron chi connectivity index (χ1n) is 8.92. The second-order valence-corrected chi connectivity index (χ2v) is 6.49. The number of carbonyl (C=O) groups is 1. The Balaban J connectivity index is 1.68. The molecule has 1 amide bonds. The third kappa shape index (κ3) is 4.72. The molecule has 1 aliphatic heterocycles. The normalized spacial score (nSPS) is 18.1. The van der Waals surface area contributed by atoms with E-state index in [1.165, 1.54) is 5.56 Å². The molecule has 0 bridgehead atoms. The van der Waals surface area contributed by atoms with Gasteiger partial charge in [0.1, 0.15) is 5.75 Å². The van der Waals surface area contributed by atoms with Crippen molar-refractivity contribution in [1.82, 2.24) is 4.90 Å². The van der Waals surface area contributed by atoms with Crippen molar-refractivity contribution in [3.8, 4) is 5.75 Å². The number of likely N-dealkylation sites (tertiary alicyclic amines) is 1. The van der Waals surface area contributed by atoms with Gasteiger partial charge in [-0.25, -0.2) is 0 Å². The second-order valence-electron chi connectivity index (χ2n) is 6.49. The number of benzene rings is 2. The lowest BCUT2D eigenvalue weighted by atomic mass is 9.94. The van der Waals surface area contributed by atoms with Crippen molar-refractivity contribution in [3.63, 3.8) is 0 Å². The fourth-order valence-corrected chi connectivity index (χ4v) is 3.33. The van der Waals surface area contributed by atoms with E-state index < -0.39 is 0 Å². The molecule has 1 fully saturated rings. The molecule has 1 saturated heterocycles. The zero-order valence-electron chi connectivity index (χ0n) is 14.7. The average molecular weight is 335 g/mol. The molecule has 1 heterocycles. The van der Waals surface area contributed by atoms with Gasteiger partial charge in [-0.1, -0.05) is 48.9 Å². The molecule has 0 radical (unpaired) electrons. The van der Waals surface area contributed by atoms with Gasteiger partial charge in [-0.15, -0.1) is 0 Å². The standard InChI is InChI=1S/C22H25NO2/c1-25-21-13-11-19(12-14-21)20-9-5-6-16-23(17-20)22(24)15-10-18-7-3-2-4-8-18/h2-4,7-8,10-15,20H,5-6,9,16-17H2,1H3/b15-10+/t20-/m1/s1. The van der Waals surface area contributed by atoms with Crippen molar-refractivity contribution >= 4 is 12.0 Å². The highest BCUT2D eigenvalue weighted by Crippen LogP contribution is 2.28. The number of hydrogen-bond donors (Lipinski definition) is 0. The summed E-state index contributed by atoms with van der Waals surface area (Å²) in [6.45, 7) is 1.62. The number of rotatable bonds is 4. The minimum absolute atomic E-state index is 0.101. The Labute approximate surface area is 149 Å². The van der Waals surface area contributed by atoms with Gasteiger partial charge in [0.15, 0.2) is 0 Å². The van der Waals surface area contributed by atoms with Crippen molar-refractivity contribution in [2.24, 2.45) is 0 Å². The van der Waals surface area contributed by atoms with Crippen molar-refractivity contribution in [2.75, 3.05) is 20.2 Å². The highest BCUT2D eigenvalue weighted by Gasteiger charge is 2.22. The van der Waals surface area contributed by atoms with E-state index in [0.29, 0.717) is 5.92 Å². The topological polar surface area (TPSA) is 29.5 Å². The lowest BCUT2D eigenvalue weighted by Gasteiger charge is -2.24. The molecule has 3 nitrogen and oxygen atoms in total. The smallest absolute Gasteiger partial charge is 0.246 e. The molecule has 3 rings (SSSR count). The Bertz CT molecular complexity index is 707. The SMILES string of the molecule is COc1ccc([C@@H]2CCCCN(C(=O)/C=C/c3ccccc3)C2)cc1. The molecule has 0 aromatic heterocycles. The number of hydrogen-bond acceptors (Lipinski definition) is 2. The lowest BCUT2D eigenvalue weighted by molar-refractivity contribution is -0.126. The molecule has 1 atom stereocenters. The minimum atomic E-state index is 0.101. The first kappa shape index (κ1) is 17.3. The molecule has 3 heteroatoms. The van der Waals surface area contributed by atoms with E-state index in [1.54, 1.807) is 13.2 Å². The Morgan fingerprint density at radius 3 is 2.56 bits per heavy atom. The average Bonchev–Trinajstić information content (AvgIpc) is 2.93. The first-order chi connectivity index (χ1) is 12.3. The number of carbonyl (C=O) groups excluding carboxylic acids is 1. The van der Waals surface area contributed by atoms with Crippen LogP contribution in [0.1, 0.15) is 36.3 Å². The summed E-state index contributed by atoms with van der Waals surface area (Å²) in [4.78, 5) is 14.6. The van der Waals surface area contributed by atoms with Crippen LogP contribution in [0.3, 0.4) is 0 Å². The van der Waals surface area contributed by atoms with Gasteiger partial charge < -0.3 is 9.64 Å². The Hall–Kier alpha value is -2.55. The van der Waals surface area contributed by atoms with Gasteiger partial charge in [0.2, 0.25) is 5.91 Å². The zero-order chi connectivity index (χ0) is 17.5. The maximum absolute atomic E-state index is 12.6. The van der Waals surface area contributed by atoms with Crippen LogP contribution in [0.25, 0.3) is 6.08 Å². The minimum Gasteiger partial charge on any atom is -0.497 e. The summed E-state index contributed by atoms with van der Waals surface area (Å²) >= 11 is 0. The molecule has 0 spiro atoms. The van der Waals surface area contributed by atoms with Crippen LogP contribution in [0.5, 0.6) is 5.75 Å². The highest BCUT2D eigenvalue weighted by molar-refractivity contribution is 5.91. The van der Waals surface area contributed by atoms with Gasteiger partial charge in [-0.05, 0) is 42.2 Å². The largest absolute Gasteiger partial charge is 0.497 e. The van der Waals surface area contributed by atoms with Crippen LogP contribution in [-0.4, -0.2) is 31.0 Å². The molecule has 0 aliphatic carbocycles. The molecule has 0 unspecified atom stereocenters. The van der Waals surface area contributed by atoms with Crippen LogP contribution in [0.4, 0.5) is 0 Å². The molecular weight excluding hydrogens is 310 g/mol. The predicted octanol–water partition coefficient (Wildman–Crippen LogP) is 4.50. The van der Waals surface area contributed by atoms with Crippen molar-refractivity contribution < 1.29 is 9.53 Å². The number of nitrogens with zero attached hydrogens (tertiary/aromatic N) is 1. The summed E-state index contributed by atoms with van der Waals surface area (Å²) in [5.74, 6) is 1.36. The van der Waals surface area contributed by atoms with Crippen LogP contribution < -0.4 is 4.74 Å². The Kier molecular flexibility index (Phi) is 5.89. The van der Waals surface area contributed by atoms with Crippen molar-refractivity contribution in [1.29, 1.82) is 0 Å². The Morgan fingerprint density at radius 2 is 1.84 bits per heavy atom.